The smallest absolute Gasteiger partial charge is 0.217 e. The number of hydrogen-bond donors (Lipinski definition) is 0. The molecule has 0 N–H and O–H groups in total. The largest absolute Gasteiger partial charge is 0.447 e. The molecule has 86 valence electrons. The fraction of sp³-hybridized carbons (Fsp3) is 0.500. The van der Waals surface area contributed by atoms with Crippen molar-refractivity contribution >= 4 is 8.07 Å². The first kappa shape index (κ1) is 11.5. The standard InChI is InChI=1S/C12H16O3Si/c1-16(2,3)9-6-10-4-5-11(15-10)12-13-7-8-14-12/h4-5,12H,7-8H2,1-3H3. The van der Waals surface area contributed by atoms with Crippen molar-refractivity contribution in [3.8, 4) is 11.5 Å². The topological polar surface area (TPSA) is 31.6 Å². The summed E-state index contributed by atoms with van der Waals surface area (Å²) < 4.78 is 16.2. The molecule has 0 amide bonds. The molecule has 0 unspecified atom stereocenters. The zero-order valence-electron chi connectivity index (χ0n) is 9.87. The summed E-state index contributed by atoms with van der Waals surface area (Å²) in [5.74, 6) is 4.46. The van der Waals surface area contributed by atoms with Gasteiger partial charge in [0.1, 0.15) is 8.07 Å². The predicted octanol–water partition coefficient (Wildman–Crippen LogP) is 2.55. The molecule has 1 aromatic rings. The minimum atomic E-state index is -1.35. The lowest BCUT2D eigenvalue weighted by Gasteiger charge is -2.04. The molecule has 2 rings (SSSR count). The van der Waals surface area contributed by atoms with Crippen LogP contribution in [0.2, 0.25) is 19.6 Å². The second-order valence-corrected chi connectivity index (χ2v) is 9.53. The van der Waals surface area contributed by atoms with E-state index < -0.39 is 8.07 Å². The van der Waals surface area contributed by atoms with E-state index in [-0.39, 0.29) is 6.29 Å². The van der Waals surface area contributed by atoms with E-state index in [2.05, 4.69) is 31.1 Å². The molecule has 1 fully saturated rings. The summed E-state index contributed by atoms with van der Waals surface area (Å²) in [7, 11) is -1.35. The highest BCUT2D eigenvalue weighted by molar-refractivity contribution is 6.83. The average molecular weight is 236 g/mol. The molecule has 3 nitrogen and oxygen atoms in total. The molecular formula is C12H16O3Si. The Kier molecular flexibility index (Phi) is 3.19. The molecule has 0 spiro atoms. The van der Waals surface area contributed by atoms with Gasteiger partial charge in [0.2, 0.25) is 6.29 Å². The van der Waals surface area contributed by atoms with E-state index >= 15 is 0 Å². The van der Waals surface area contributed by atoms with Crippen molar-refractivity contribution in [3.05, 3.63) is 23.7 Å². The minimum absolute atomic E-state index is 0.345. The van der Waals surface area contributed by atoms with E-state index in [0.29, 0.717) is 24.7 Å². The molecule has 0 saturated carbocycles. The Bertz CT molecular complexity index is 413. The summed E-state index contributed by atoms with van der Waals surface area (Å²) in [6, 6.07) is 3.73. The Morgan fingerprint density at radius 2 is 1.88 bits per heavy atom. The van der Waals surface area contributed by atoms with Crippen LogP contribution in [-0.4, -0.2) is 21.3 Å². The van der Waals surface area contributed by atoms with Gasteiger partial charge in [-0.3, -0.25) is 0 Å². The Morgan fingerprint density at radius 3 is 2.50 bits per heavy atom. The van der Waals surface area contributed by atoms with Gasteiger partial charge in [0.05, 0.1) is 13.2 Å². The maximum Gasteiger partial charge on any atom is 0.217 e. The molecule has 16 heavy (non-hydrogen) atoms. The van der Waals surface area contributed by atoms with Gasteiger partial charge in [0.25, 0.3) is 0 Å². The molecule has 2 heterocycles. The fourth-order valence-corrected chi connectivity index (χ4v) is 1.82. The maximum atomic E-state index is 5.56. The monoisotopic (exact) mass is 236 g/mol. The highest BCUT2D eigenvalue weighted by Crippen LogP contribution is 2.24. The van der Waals surface area contributed by atoms with Gasteiger partial charge in [-0.1, -0.05) is 19.6 Å². The van der Waals surface area contributed by atoms with Crippen molar-refractivity contribution in [2.75, 3.05) is 13.2 Å². The first-order chi connectivity index (χ1) is 7.54. The van der Waals surface area contributed by atoms with Crippen LogP contribution in [0, 0.1) is 11.5 Å². The summed E-state index contributed by atoms with van der Waals surface area (Å²) >= 11 is 0. The Balaban J connectivity index is 2.09. The lowest BCUT2D eigenvalue weighted by atomic mass is 10.4. The van der Waals surface area contributed by atoms with Crippen molar-refractivity contribution in [2.24, 2.45) is 0 Å². The molecule has 1 aliphatic rings. The van der Waals surface area contributed by atoms with Crippen LogP contribution in [0.25, 0.3) is 0 Å². The maximum absolute atomic E-state index is 5.56. The third kappa shape index (κ3) is 2.98. The van der Waals surface area contributed by atoms with Gasteiger partial charge in [-0.05, 0) is 18.1 Å². The lowest BCUT2D eigenvalue weighted by Crippen LogP contribution is -2.16. The minimum Gasteiger partial charge on any atom is -0.447 e. The zero-order chi connectivity index (χ0) is 11.6. The SMILES string of the molecule is C[Si](C)(C)C#Cc1ccc(C2OCCO2)o1. The number of ether oxygens (including phenoxy) is 2. The lowest BCUT2D eigenvalue weighted by molar-refractivity contribution is -0.0590. The van der Waals surface area contributed by atoms with Crippen LogP contribution in [0.15, 0.2) is 16.5 Å². The third-order valence-electron chi connectivity index (χ3n) is 2.04. The van der Waals surface area contributed by atoms with Gasteiger partial charge in [-0.25, -0.2) is 0 Å². The van der Waals surface area contributed by atoms with E-state index in [9.17, 15) is 0 Å². The van der Waals surface area contributed by atoms with E-state index in [0.717, 1.165) is 0 Å². The van der Waals surface area contributed by atoms with Crippen LogP contribution in [-0.2, 0) is 9.47 Å². The van der Waals surface area contributed by atoms with Crippen LogP contribution < -0.4 is 0 Å². The van der Waals surface area contributed by atoms with Crippen LogP contribution in [0.3, 0.4) is 0 Å². The summed E-state index contributed by atoms with van der Waals surface area (Å²) in [6.07, 6.45) is -0.345. The van der Waals surface area contributed by atoms with Crippen molar-refractivity contribution in [3.63, 3.8) is 0 Å². The Labute approximate surface area is 96.7 Å². The van der Waals surface area contributed by atoms with E-state index in [1.165, 1.54) is 0 Å². The number of rotatable bonds is 1. The number of furan rings is 1. The summed E-state index contributed by atoms with van der Waals surface area (Å²) in [6.45, 7) is 7.86. The molecule has 1 aromatic heterocycles. The van der Waals surface area contributed by atoms with Crippen molar-refractivity contribution < 1.29 is 13.9 Å². The highest BCUT2D eigenvalue weighted by atomic mass is 28.3. The molecule has 0 atom stereocenters. The van der Waals surface area contributed by atoms with Crippen LogP contribution >= 0.6 is 0 Å². The Morgan fingerprint density at radius 1 is 1.19 bits per heavy atom. The van der Waals surface area contributed by atoms with Crippen LogP contribution in [0.1, 0.15) is 17.8 Å². The predicted molar refractivity (Wildman–Crippen MR) is 63.6 cm³/mol. The quantitative estimate of drug-likeness (QED) is 0.555. The normalized spacial score (nSPS) is 17.2. The van der Waals surface area contributed by atoms with Crippen molar-refractivity contribution in [1.29, 1.82) is 0 Å². The Hall–Kier alpha value is -1.02. The molecule has 0 radical (unpaired) electrons. The third-order valence-corrected chi connectivity index (χ3v) is 2.92. The fourth-order valence-electron chi connectivity index (χ4n) is 1.32. The molecule has 1 aliphatic heterocycles. The van der Waals surface area contributed by atoms with Gasteiger partial charge >= 0.3 is 0 Å². The van der Waals surface area contributed by atoms with E-state index in [1.807, 2.05) is 12.1 Å². The van der Waals surface area contributed by atoms with E-state index in [4.69, 9.17) is 13.9 Å². The molecular weight excluding hydrogens is 220 g/mol. The van der Waals surface area contributed by atoms with E-state index in [1.54, 1.807) is 0 Å². The van der Waals surface area contributed by atoms with Gasteiger partial charge in [0, 0.05) is 0 Å². The van der Waals surface area contributed by atoms with Crippen molar-refractivity contribution in [1.82, 2.24) is 0 Å². The molecule has 0 aromatic carbocycles. The number of hydrogen-bond acceptors (Lipinski definition) is 3. The van der Waals surface area contributed by atoms with Gasteiger partial charge in [0.15, 0.2) is 11.5 Å². The zero-order valence-corrected chi connectivity index (χ0v) is 10.9. The van der Waals surface area contributed by atoms with Gasteiger partial charge < -0.3 is 13.9 Å². The molecule has 1 saturated heterocycles. The summed E-state index contributed by atoms with van der Waals surface area (Å²) in [5.41, 5.74) is 3.26. The molecule has 0 aliphatic carbocycles. The first-order valence-electron chi connectivity index (χ1n) is 5.41. The molecule has 0 bridgehead atoms. The average Bonchev–Trinajstić information content (AvgIpc) is 2.84. The van der Waals surface area contributed by atoms with Crippen LogP contribution in [0.4, 0.5) is 0 Å². The van der Waals surface area contributed by atoms with Gasteiger partial charge in [-0.2, -0.15) is 0 Å². The van der Waals surface area contributed by atoms with Crippen molar-refractivity contribution in [2.45, 2.75) is 25.9 Å². The second-order valence-electron chi connectivity index (χ2n) is 4.78. The highest BCUT2D eigenvalue weighted by Gasteiger charge is 2.21. The molecule has 4 heteroatoms. The van der Waals surface area contributed by atoms with Gasteiger partial charge in [-0.15, -0.1) is 5.54 Å². The second kappa shape index (κ2) is 4.46. The van der Waals surface area contributed by atoms with Crippen LogP contribution in [0.5, 0.6) is 0 Å². The summed E-state index contributed by atoms with van der Waals surface area (Å²) in [4.78, 5) is 0. The first-order valence-corrected chi connectivity index (χ1v) is 8.91. The summed E-state index contributed by atoms with van der Waals surface area (Å²) in [5, 5.41) is 0.